The van der Waals surface area contributed by atoms with Gasteiger partial charge in [0.15, 0.2) is 11.8 Å². The predicted octanol–water partition coefficient (Wildman–Crippen LogP) is 1.94. The topological polar surface area (TPSA) is 81.1 Å². The monoisotopic (exact) mass is 391 g/mol. The lowest BCUT2D eigenvalue weighted by atomic mass is 9.97. The van der Waals surface area contributed by atoms with Crippen molar-refractivity contribution in [3.63, 3.8) is 0 Å². The number of fused-ring (bicyclic) bond motifs is 2. The second-order valence-electron chi connectivity index (χ2n) is 7.66. The quantitative estimate of drug-likeness (QED) is 0.695. The fourth-order valence-electron chi connectivity index (χ4n) is 4.37. The molecule has 1 fully saturated rings. The molecule has 3 aromatic rings. The smallest absolute Gasteiger partial charge is 0.253 e. The summed E-state index contributed by atoms with van der Waals surface area (Å²) in [5.74, 6) is 0.325. The van der Waals surface area contributed by atoms with Crippen molar-refractivity contribution in [1.82, 2.24) is 25.4 Å². The van der Waals surface area contributed by atoms with Crippen LogP contribution in [0.2, 0.25) is 0 Å². The van der Waals surface area contributed by atoms with Crippen LogP contribution in [-0.4, -0.2) is 46.9 Å². The van der Waals surface area contributed by atoms with Gasteiger partial charge in [-0.05, 0) is 42.6 Å². The maximum absolute atomic E-state index is 12.7. The molecule has 1 saturated heterocycles. The van der Waals surface area contributed by atoms with Crippen LogP contribution in [0.3, 0.4) is 0 Å². The third-order valence-electron chi connectivity index (χ3n) is 5.84. The van der Waals surface area contributed by atoms with E-state index >= 15 is 0 Å². The summed E-state index contributed by atoms with van der Waals surface area (Å²) in [6.07, 6.45) is 3.20. The van der Waals surface area contributed by atoms with E-state index in [0.29, 0.717) is 25.6 Å². The van der Waals surface area contributed by atoms with E-state index in [9.17, 15) is 4.79 Å². The molecular formula is C22H25N5O2. The molecule has 2 atom stereocenters. The summed E-state index contributed by atoms with van der Waals surface area (Å²) in [5.41, 5.74) is 4.14. The highest BCUT2D eigenvalue weighted by molar-refractivity contribution is 5.83. The Morgan fingerprint density at radius 3 is 3.10 bits per heavy atom. The third-order valence-corrected chi connectivity index (χ3v) is 5.84. The van der Waals surface area contributed by atoms with Gasteiger partial charge in [-0.2, -0.15) is 5.10 Å². The summed E-state index contributed by atoms with van der Waals surface area (Å²) in [6, 6.07) is 12.1. The van der Waals surface area contributed by atoms with Gasteiger partial charge in [0.1, 0.15) is 0 Å². The molecule has 1 amide bonds. The molecule has 0 spiro atoms. The summed E-state index contributed by atoms with van der Waals surface area (Å²) in [6.45, 7) is 3.61. The van der Waals surface area contributed by atoms with Crippen LogP contribution in [0.1, 0.15) is 35.3 Å². The van der Waals surface area contributed by atoms with Crippen molar-refractivity contribution < 1.29 is 9.53 Å². The Bertz CT molecular complexity index is 1020. The van der Waals surface area contributed by atoms with Gasteiger partial charge in [0, 0.05) is 30.6 Å². The third kappa shape index (κ3) is 3.52. The molecule has 2 N–H and O–H groups in total. The number of nitrogens with zero attached hydrogens (tertiary/aromatic N) is 3. The number of hydrogen-bond acceptors (Lipinski definition) is 5. The highest BCUT2D eigenvalue weighted by Gasteiger charge is 2.27. The molecule has 0 saturated carbocycles. The van der Waals surface area contributed by atoms with Crippen molar-refractivity contribution in [2.45, 2.75) is 31.4 Å². The predicted molar refractivity (Wildman–Crippen MR) is 110 cm³/mol. The number of rotatable bonds is 5. The molecule has 2 aromatic heterocycles. The molecule has 7 heteroatoms. The fraction of sp³-hybridized carbons (Fsp3) is 0.409. The Morgan fingerprint density at radius 1 is 1.28 bits per heavy atom. The minimum Gasteiger partial charge on any atom is -0.363 e. The molecule has 0 unspecified atom stereocenters. The summed E-state index contributed by atoms with van der Waals surface area (Å²) in [7, 11) is 0. The van der Waals surface area contributed by atoms with Crippen molar-refractivity contribution in [3.8, 4) is 0 Å². The van der Waals surface area contributed by atoms with E-state index in [0.717, 1.165) is 48.2 Å². The fourth-order valence-corrected chi connectivity index (χ4v) is 4.37. The zero-order valence-corrected chi connectivity index (χ0v) is 16.3. The maximum Gasteiger partial charge on any atom is 0.253 e. The van der Waals surface area contributed by atoms with Crippen molar-refractivity contribution in [2.75, 3.05) is 26.2 Å². The first-order chi connectivity index (χ1) is 14.3. The zero-order valence-electron chi connectivity index (χ0n) is 16.3. The Hall–Kier alpha value is -2.77. The van der Waals surface area contributed by atoms with E-state index < -0.39 is 6.10 Å². The van der Waals surface area contributed by atoms with E-state index in [4.69, 9.17) is 9.84 Å². The molecule has 2 aliphatic rings. The molecule has 7 nitrogen and oxygen atoms in total. The summed E-state index contributed by atoms with van der Waals surface area (Å²) >= 11 is 0. The Morgan fingerprint density at radius 2 is 2.21 bits per heavy atom. The van der Waals surface area contributed by atoms with Crippen LogP contribution in [0.15, 0.2) is 42.6 Å². The number of hydrogen-bond donors (Lipinski definition) is 2. The molecule has 2 aliphatic heterocycles. The summed E-state index contributed by atoms with van der Waals surface area (Å²) in [5, 5.41) is 12.4. The molecule has 4 heterocycles. The molecule has 0 radical (unpaired) electrons. The molecule has 5 rings (SSSR count). The van der Waals surface area contributed by atoms with Crippen LogP contribution >= 0.6 is 0 Å². The van der Waals surface area contributed by atoms with Gasteiger partial charge in [0.25, 0.3) is 5.91 Å². The van der Waals surface area contributed by atoms with Crippen LogP contribution in [0, 0.1) is 0 Å². The highest BCUT2D eigenvalue weighted by Crippen LogP contribution is 2.28. The van der Waals surface area contributed by atoms with Crippen molar-refractivity contribution >= 4 is 16.9 Å². The first-order valence-electron chi connectivity index (χ1n) is 10.3. The standard InChI is InChI=1S/C22H25N5O2/c28-22(20-17-5-2-1-4-15(17)8-13-29-20)25-11-12-27-21-18(6-3-9-24-21)19(26-27)16-7-10-23-14-16/h1-6,9,16,20,23H,7-8,10-14H2,(H,25,28)/t16-,20+/m0/s1. The van der Waals surface area contributed by atoms with Gasteiger partial charge in [-0.3, -0.25) is 4.79 Å². The van der Waals surface area contributed by atoms with Crippen LogP contribution < -0.4 is 10.6 Å². The van der Waals surface area contributed by atoms with Gasteiger partial charge in [-0.15, -0.1) is 0 Å². The van der Waals surface area contributed by atoms with Crippen LogP contribution in [-0.2, 0) is 22.5 Å². The number of pyridine rings is 1. The second-order valence-corrected chi connectivity index (χ2v) is 7.66. The number of nitrogens with one attached hydrogen (secondary N) is 2. The lowest BCUT2D eigenvalue weighted by molar-refractivity contribution is -0.134. The summed E-state index contributed by atoms with van der Waals surface area (Å²) in [4.78, 5) is 17.3. The van der Waals surface area contributed by atoms with Crippen LogP contribution in [0.5, 0.6) is 0 Å². The number of carbonyl (C=O) groups is 1. The number of ether oxygens (including phenoxy) is 1. The second kappa shape index (κ2) is 7.93. The van der Waals surface area contributed by atoms with E-state index in [1.165, 1.54) is 5.56 Å². The molecule has 29 heavy (non-hydrogen) atoms. The van der Waals surface area contributed by atoms with Gasteiger partial charge in [0.05, 0.1) is 18.8 Å². The number of aromatic nitrogens is 3. The molecule has 150 valence electrons. The van der Waals surface area contributed by atoms with Crippen LogP contribution in [0.4, 0.5) is 0 Å². The average Bonchev–Trinajstić information content (AvgIpc) is 3.41. The average molecular weight is 391 g/mol. The molecule has 0 aliphatic carbocycles. The first kappa shape index (κ1) is 18.3. The first-order valence-corrected chi connectivity index (χ1v) is 10.3. The Balaban J connectivity index is 1.29. The van der Waals surface area contributed by atoms with Crippen molar-refractivity contribution in [2.24, 2.45) is 0 Å². The largest absolute Gasteiger partial charge is 0.363 e. The van der Waals surface area contributed by atoms with Gasteiger partial charge < -0.3 is 15.4 Å². The molecular weight excluding hydrogens is 366 g/mol. The number of amides is 1. The molecule has 1 aromatic carbocycles. The van der Waals surface area contributed by atoms with E-state index in [-0.39, 0.29) is 5.91 Å². The Kier molecular flexibility index (Phi) is 4.99. The van der Waals surface area contributed by atoms with E-state index in [2.05, 4.69) is 27.8 Å². The van der Waals surface area contributed by atoms with E-state index in [1.807, 2.05) is 28.9 Å². The SMILES string of the molecule is O=C(NCCn1nc([C@H]2CCNC2)c2cccnc21)[C@@H]1OCCc2ccccc21. The summed E-state index contributed by atoms with van der Waals surface area (Å²) < 4.78 is 7.67. The number of carbonyl (C=O) groups excluding carboxylic acids is 1. The van der Waals surface area contributed by atoms with Gasteiger partial charge in [-0.1, -0.05) is 24.3 Å². The van der Waals surface area contributed by atoms with Crippen molar-refractivity contribution in [1.29, 1.82) is 0 Å². The molecule has 0 bridgehead atoms. The van der Waals surface area contributed by atoms with Gasteiger partial charge in [-0.25, -0.2) is 9.67 Å². The number of benzene rings is 1. The Labute approximate surface area is 169 Å². The maximum atomic E-state index is 12.7. The van der Waals surface area contributed by atoms with Gasteiger partial charge in [0.2, 0.25) is 0 Å². The lowest BCUT2D eigenvalue weighted by Crippen LogP contribution is -2.35. The lowest BCUT2D eigenvalue weighted by Gasteiger charge is -2.25. The normalized spacial score (nSPS) is 21.2. The highest BCUT2D eigenvalue weighted by atomic mass is 16.5. The minimum absolute atomic E-state index is 0.0956. The van der Waals surface area contributed by atoms with Gasteiger partial charge >= 0.3 is 0 Å². The van der Waals surface area contributed by atoms with Crippen LogP contribution in [0.25, 0.3) is 11.0 Å². The zero-order chi connectivity index (χ0) is 19.6. The van der Waals surface area contributed by atoms with E-state index in [1.54, 1.807) is 6.20 Å². The minimum atomic E-state index is -0.535. The van der Waals surface area contributed by atoms with Crippen molar-refractivity contribution in [3.05, 3.63) is 59.4 Å².